The predicted octanol–water partition coefficient (Wildman–Crippen LogP) is 4.15. The average molecular weight is 304 g/mol. The van der Waals surface area contributed by atoms with E-state index in [1.807, 2.05) is 18.2 Å². The van der Waals surface area contributed by atoms with E-state index in [9.17, 15) is 4.79 Å². The first-order valence-electron chi connectivity index (χ1n) is 5.70. The molecule has 0 atom stereocenters. The van der Waals surface area contributed by atoms with Crippen molar-refractivity contribution in [1.29, 1.82) is 5.26 Å². The Bertz CT molecular complexity index is 677. The van der Waals surface area contributed by atoms with Crippen LogP contribution in [0, 0.1) is 11.3 Å². The molecule has 0 aliphatic rings. The van der Waals surface area contributed by atoms with E-state index in [0.29, 0.717) is 16.1 Å². The Hall–Kier alpha value is -1.96. The summed E-state index contributed by atoms with van der Waals surface area (Å²) in [5.41, 5.74) is 0.952. The van der Waals surface area contributed by atoms with Crippen LogP contribution in [0.25, 0.3) is 0 Å². The summed E-state index contributed by atoms with van der Waals surface area (Å²) in [6.45, 7) is 0. The molecule has 3 nitrogen and oxygen atoms in total. The summed E-state index contributed by atoms with van der Waals surface area (Å²) in [6.07, 6.45) is 0. The molecular weight excluding hydrogens is 294 g/mol. The predicted molar refractivity (Wildman–Crippen MR) is 78.1 cm³/mol. The first kappa shape index (κ1) is 14.4. The van der Waals surface area contributed by atoms with E-state index in [1.165, 1.54) is 18.9 Å². The van der Waals surface area contributed by atoms with Crippen molar-refractivity contribution in [2.24, 2.45) is 0 Å². The van der Waals surface area contributed by atoms with Gasteiger partial charge in [0, 0.05) is 9.79 Å². The lowest BCUT2D eigenvalue weighted by molar-refractivity contribution is 0.0600. The fourth-order valence-electron chi connectivity index (χ4n) is 1.57. The van der Waals surface area contributed by atoms with Crippen LogP contribution < -0.4 is 0 Å². The summed E-state index contributed by atoms with van der Waals surface area (Å²) in [5.74, 6) is -0.461. The van der Waals surface area contributed by atoms with Gasteiger partial charge in [-0.3, -0.25) is 0 Å². The van der Waals surface area contributed by atoms with Gasteiger partial charge in [0.15, 0.2) is 0 Å². The van der Waals surface area contributed by atoms with Crippen molar-refractivity contribution in [3.8, 4) is 6.07 Å². The molecule has 100 valence electrons. The van der Waals surface area contributed by atoms with E-state index in [1.54, 1.807) is 24.3 Å². The van der Waals surface area contributed by atoms with Crippen LogP contribution in [-0.4, -0.2) is 13.1 Å². The lowest BCUT2D eigenvalue weighted by Gasteiger charge is -2.06. The normalized spacial score (nSPS) is 9.85. The zero-order valence-corrected chi connectivity index (χ0v) is 12.2. The van der Waals surface area contributed by atoms with Crippen molar-refractivity contribution in [1.82, 2.24) is 0 Å². The van der Waals surface area contributed by atoms with Crippen molar-refractivity contribution < 1.29 is 9.53 Å². The maximum Gasteiger partial charge on any atom is 0.339 e. The first-order valence-corrected chi connectivity index (χ1v) is 6.89. The number of nitriles is 1. The third kappa shape index (κ3) is 3.32. The van der Waals surface area contributed by atoms with E-state index >= 15 is 0 Å². The highest BCUT2D eigenvalue weighted by Crippen LogP contribution is 2.30. The molecule has 0 N–H and O–H groups in total. The van der Waals surface area contributed by atoms with Gasteiger partial charge in [-0.2, -0.15) is 5.26 Å². The van der Waals surface area contributed by atoms with Gasteiger partial charge in [0.25, 0.3) is 0 Å². The number of benzene rings is 2. The molecule has 2 rings (SSSR count). The van der Waals surface area contributed by atoms with Crippen molar-refractivity contribution in [2.45, 2.75) is 9.79 Å². The van der Waals surface area contributed by atoms with Gasteiger partial charge >= 0.3 is 5.97 Å². The number of nitrogens with zero attached hydrogens (tertiary/aromatic N) is 1. The molecule has 0 radical (unpaired) electrons. The Kier molecular flexibility index (Phi) is 4.67. The van der Waals surface area contributed by atoms with Gasteiger partial charge in [0.05, 0.1) is 29.3 Å². The third-order valence-electron chi connectivity index (χ3n) is 2.56. The molecule has 20 heavy (non-hydrogen) atoms. The van der Waals surface area contributed by atoms with E-state index in [-0.39, 0.29) is 0 Å². The van der Waals surface area contributed by atoms with Crippen LogP contribution in [0.4, 0.5) is 0 Å². The summed E-state index contributed by atoms with van der Waals surface area (Å²) in [5, 5.41) is 9.11. The number of hydrogen-bond donors (Lipinski definition) is 0. The molecule has 0 aliphatic heterocycles. The number of carbonyl (C=O) groups excluding carboxylic acids is 1. The fraction of sp³-hybridized carbons (Fsp3) is 0.0667. The van der Waals surface area contributed by atoms with Gasteiger partial charge in [0.1, 0.15) is 0 Å². The van der Waals surface area contributed by atoms with Crippen molar-refractivity contribution in [2.75, 3.05) is 7.11 Å². The number of rotatable bonds is 3. The Morgan fingerprint density at radius 2 is 1.85 bits per heavy atom. The second-order valence-corrected chi connectivity index (χ2v) is 5.43. The SMILES string of the molecule is COC(=O)c1cc(Sc2ccc(C#N)cc2)ccc1Cl. The topological polar surface area (TPSA) is 50.1 Å². The standard InChI is InChI=1S/C15H10ClNO2S/c1-19-15(18)13-8-12(6-7-14(13)16)20-11-4-2-10(9-17)3-5-11/h2-8H,1H3. The van der Waals surface area contributed by atoms with Gasteiger partial charge in [-0.15, -0.1) is 0 Å². The van der Waals surface area contributed by atoms with Crippen LogP contribution in [0.5, 0.6) is 0 Å². The average Bonchev–Trinajstić information content (AvgIpc) is 2.49. The molecule has 0 bridgehead atoms. The Balaban J connectivity index is 2.25. The number of ether oxygens (including phenoxy) is 1. The molecule has 0 aromatic heterocycles. The van der Waals surface area contributed by atoms with Gasteiger partial charge in [-0.1, -0.05) is 23.4 Å². The van der Waals surface area contributed by atoms with E-state index in [0.717, 1.165) is 9.79 Å². The largest absolute Gasteiger partial charge is 0.465 e. The highest BCUT2D eigenvalue weighted by molar-refractivity contribution is 7.99. The highest BCUT2D eigenvalue weighted by Gasteiger charge is 2.11. The molecule has 0 heterocycles. The van der Waals surface area contributed by atoms with Crippen molar-refractivity contribution in [3.63, 3.8) is 0 Å². The number of carbonyl (C=O) groups is 1. The third-order valence-corrected chi connectivity index (χ3v) is 3.89. The maximum absolute atomic E-state index is 11.6. The molecule has 2 aromatic carbocycles. The molecule has 0 saturated carbocycles. The molecule has 0 amide bonds. The smallest absolute Gasteiger partial charge is 0.339 e. The maximum atomic E-state index is 11.6. The minimum absolute atomic E-state index is 0.341. The van der Waals surface area contributed by atoms with E-state index in [2.05, 4.69) is 10.8 Å². The van der Waals surface area contributed by atoms with Crippen LogP contribution in [0.2, 0.25) is 5.02 Å². The van der Waals surface area contributed by atoms with Crippen LogP contribution in [0.1, 0.15) is 15.9 Å². The minimum atomic E-state index is -0.461. The monoisotopic (exact) mass is 303 g/mol. The second-order valence-electron chi connectivity index (χ2n) is 3.87. The Labute approximate surface area is 126 Å². The number of esters is 1. The molecule has 0 saturated heterocycles. The van der Waals surface area contributed by atoms with Crippen molar-refractivity contribution in [3.05, 3.63) is 58.6 Å². The Morgan fingerprint density at radius 3 is 2.45 bits per heavy atom. The number of methoxy groups -OCH3 is 1. The second kappa shape index (κ2) is 6.47. The molecule has 0 unspecified atom stereocenters. The zero-order chi connectivity index (χ0) is 14.5. The summed E-state index contributed by atoms with van der Waals surface area (Å²) in [6, 6.07) is 14.5. The molecule has 0 fully saturated rings. The summed E-state index contributed by atoms with van der Waals surface area (Å²) in [4.78, 5) is 13.4. The lowest BCUT2D eigenvalue weighted by atomic mass is 10.2. The number of halogens is 1. The minimum Gasteiger partial charge on any atom is -0.465 e. The Morgan fingerprint density at radius 1 is 1.20 bits per heavy atom. The van der Waals surface area contributed by atoms with Gasteiger partial charge in [-0.05, 0) is 42.5 Å². The molecule has 5 heteroatoms. The van der Waals surface area contributed by atoms with Crippen LogP contribution in [-0.2, 0) is 4.74 Å². The van der Waals surface area contributed by atoms with E-state index in [4.69, 9.17) is 16.9 Å². The van der Waals surface area contributed by atoms with E-state index < -0.39 is 5.97 Å². The quantitative estimate of drug-likeness (QED) is 0.799. The lowest BCUT2D eigenvalue weighted by Crippen LogP contribution is -2.02. The van der Waals surface area contributed by atoms with Crippen molar-refractivity contribution >= 4 is 29.3 Å². The summed E-state index contributed by atoms with van der Waals surface area (Å²) < 4.78 is 4.68. The fourth-order valence-corrected chi connectivity index (χ4v) is 2.62. The number of hydrogen-bond acceptors (Lipinski definition) is 4. The highest BCUT2D eigenvalue weighted by atomic mass is 35.5. The van der Waals surface area contributed by atoms with Crippen LogP contribution in [0.3, 0.4) is 0 Å². The van der Waals surface area contributed by atoms with Gasteiger partial charge in [0.2, 0.25) is 0 Å². The zero-order valence-electron chi connectivity index (χ0n) is 10.6. The molecule has 2 aromatic rings. The summed E-state index contributed by atoms with van der Waals surface area (Å²) >= 11 is 7.45. The summed E-state index contributed by atoms with van der Waals surface area (Å²) in [7, 11) is 1.32. The van der Waals surface area contributed by atoms with Crippen LogP contribution in [0.15, 0.2) is 52.3 Å². The molecular formula is C15H10ClNO2S. The molecule has 0 aliphatic carbocycles. The van der Waals surface area contributed by atoms with Gasteiger partial charge in [-0.25, -0.2) is 4.79 Å². The molecule has 0 spiro atoms. The van der Waals surface area contributed by atoms with Crippen LogP contribution >= 0.6 is 23.4 Å². The first-order chi connectivity index (χ1) is 9.63. The van der Waals surface area contributed by atoms with Gasteiger partial charge < -0.3 is 4.74 Å².